The first-order chi connectivity index (χ1) is 11.1. The second-order valence-corrected chi connectivity index (χ2v) is 7.08. The number of carbonyl (C=O) groups excluding carboxylic acids is 1. The molecule has 3 rings (SSSR count). The first-order valence-corrected chi connectivity index (χ1v) is 9.25. The number of amidine groups is 1. The third-order valence-electron chi connectivity index (χ3n) is 3.12. The van der Waals surface area contributed by atoms with Crippen LogP contribution in [0.4, 0.5) is 5.69 Å². The number of rotatable bonds is 3. The largest absolute Gasteiger partial charge is 0.300 e. The standard InChI is InChI=1S/C17H13ClN2OS2/c1-22-14-8-2-11(3-9-14)10-15-16(21)20-17(23-15)19-13-6-4-12(18)5-7-13/h2-10H,1H3,(H,19,20,21)/b15-10+. The molecular formula is C17H13ClN2OS2. The van der Waals surface area contributed by atoms with Crippen molar-refractivity contribution in [2.24, 2.45) is 4.99 Å². The highest BCUT2D eigenvalue weighted by atomic mass is 35.5. The molecule has 1 aliphatic rings. The minimum atomic E-state index is -0.128. The molecule has 0 unspecified atom stereocenters. The van der Waals surface area contributed by atoms with Crippen molar-refractivity contribution >= 4 is 58.0 Å². The van der Waals surface area contributed by atoms with Gasteiger partial charge in [0.15, 0.2) is 5.17 Å². The minimum Gasteiger partial charge on any atom is -0.300 e. The molecule has 1 fully saturated rings. The summed E-state index contributed by atoms with van der Waals surface area (Å²) in [5, 5.41) is 4.01. The summed E-state index contributed by atoms with van der Waals surface area (Å²) < 4.78 is 0. The predicted octanol–water partition coefficient (Wildman–Crippen LogP) is 4.95. The van der Waals surface area contributed by atoms with E-state index in [4.69, 9.17) is 11.6 Å². The van der Waals surface area contributed by atoms with Gasteiger partial charge in [0, 0.05) is 9.92 Å². The van der Waals surface area contributed by atoms with Crippen LogP contribution in [0.5, 0.6) is 0 Å². The Balaban J connectivity index is 1.78. The molecule has 0 aliphatic carbocycles. The summed E-state index contributed by atoms with van der Waals surface area (Å²) in [6.45, 7) is 0. The molecule has 0 atom stereocenters. The van der Waals surface area contributed by atoms with Crippen molar-refractivity contribution in [2.45, 2.75) is 4.90 Å². The van der Waals surface area contributed by atoms with Crippen LogP contribution >= 0.6 is 35.1 Å². The van der Waals surface area contributed by atoms with E-state index < -0.39 is 0 Å². The number of nitrogens with zero attached hydrogens (tertiary/aromatic N) is 1. The van der Waals surface area contributed by atoms with Gasteiger partial charge in [-0.05, 0) is 66.1 Å². The second kappa shape index (κ2) is 7.25. The molecular weight excluding hydrogens is 348 g/mol. The van der Waals surface area contributed by atoms with Gasteiger partial charge in [-0.25, -0.2) is 4.99 Å². The molecule has 2 aromatic rings. The fraction of sp³-hybridized carbons (Fsp3) is 0.0588. The molecule has 3 nitrogen and oxygen atoms in total. The first-order valence-electron chi connectivity index (χ1n) is 6.83. The van der Waals surface area contributed by atoms with Crippen molar-refractivity contribution in [1.29, 1.82) is 0 Å². The van der Waals surface area contributed by atoms with Crippen molar-refractivity contribution in [3.63, 3.8) is 0 Å². The van der Waals surface area contributed by atoms with Crippen LogP contribution in [0, 0.1) is 0 Å². The number of benzene rings is 2. The van der Waals surface area contributed by atoms with Gasteiger partial charge in [-0.3, -0.25) is 4.79 Å². The number of thioether (sulfide) groups is 2. The number of hydrogen-bond donors (Lipinski definition) is 1. The topological polar surface area (TPSA) is 41.5 Å². The van der Waals surface area contributed by atoms with Crippen LogP contribution in [-0.2, 0) is 4.79 Å². The van der Waals surface area contributed by atoms with Crippen LogP contribution < -0.4 is 5.32 Å². The van der Waals surface area contributed by atoms with E-state index in [-0.39, 0.29) is 5.91 Å². The number of carbonyl (C=O) groups is 1. The average Bonchev–Trinajstić information content (AvgIpc) is 2.90. The Kier molecular flexibility index (Phi) is 5.10. The molecule has 0 radical (unpaired) electrons. The van der Waals surface area contributed by atoms with E-state index in [2.05, 4.69) is 10.3 Å². The molecule has 23 heavy (non-hydrogen) atoms. The molecule has 0 bridgehead atoms. The van der Waals surface area contributed by atoms with Gasteiger partial charge in [0.1, 0.15) is 0 Å². The van der Waals surface area contributed by atoms with E-state index in [0.29, 0.717) is 15.1 Å². The SMILES string of the molecule is CSc1ccc(/C=C2/SC(=Nc3ccc(Cl)cc3)NC2=O)cc1. The summed E-state index contributed by atoms with van der Waals surface area (Å²) in [4.78, 5) is 18.3. The van der Waals surface area contributed by atoms with Crippen molar-refractivity contribution in [1.82, 2.24) is 5.32 Å². The zero-order valence-corrected chi connectivity index (χ0v) is 14.6. The fourth-order valence-corrected chi connectivity index (χ4v) is 3.34. The lowest BCUT2D eigenvalue weighted by molar-refractivity contribution is -0.115. The summed E-state index contributed by atoms with van der Waals surface area (Å²) in [6, 6.07) is 15.2. The highest BCUT2D eigenvalue weighted by molar-refractivity contribution is 8.18. The molecule has 6 heteroatoms. The van der Waals surface area contributed by atoms with Gasteiger partial charge in [0.05, 0.1) is 10.6 Å². The predicted molar refractivity (Wildman–Crippen MR) is 100 cm³/mol. The van der Waals surface area contributed by atoms with E-state index >= 15 is 0 Å². The van der Waals surface area contributed by atoms with E-state index in [0.717, 1.165) is 11.3 Å². The van der Waals surface area contributed by atoms with E-state index in [1.165, 1.54) is 16.7 Å². The number of hydrogen-bond acceptors (Lipinski definition) is 4. The quantitative estimate of drug-likeness (QED) is 0.621. The van der Waals surface area contributed by atoms with Gasteiger partial charge in [0.2, 0.25) is 0 Å². The number of nitrogens with one attached hydrogen (secondary N) is 1. The van der Waals surface area contributed by atoms with Crippen molar-refractivity contribution in [3.05, 3.63) is 64.0 Å². The third kappa shape index (κ3) is 4.19. The van der Waals surface area contributed by atoms with Crippen LogP contribution in [-0.4, -0.2) is 17.3 Å². The van der Waals surface area contributed by atoms with Crippen molar-refractivity contribution < 1.29 is 4.79 Å². The molecule has 2 aromatic carbocycles. The summed E-state index contributed by atoms with van der Waals surface area (Å²) in [5.41, 5.74) is 1.75. The van der Waals surface area contributed by atoms with Gasteiger partial charge in [0.25, 0.3) is 5.91 Å². The van der Waals surface area contributed by atoms with Crippen LogP contribution in [0.15, 0.2) is 63.3 Å². The Morgan fingerprint density at radius 3 is 2.48 bits per heavy atom. The maximum Gasteiger partial charge on any atom is 0.264 e. The van der Waals surface area contributed by atoms with Crippen LogP contribution in [0.1, 0.15) is 5.56 Å². The maximum absolute atomic E-state index is 12.1. The van der Waals surface area contributed by atoms with Crippen molar-refractivity contribution in [2.75, 3.05) is 6.26 Å². The number of amides is 1. The van der Waals surface area contributed by atoms with Gasteiger partial charge >= 0.3 is 0 Å². The van der Waals surface area contributed by atoms with Crippen LogP contribution in [0.25, 0.3) is 6.08 Å². The van der Waals surface area contributed by atoms with Gasteiger partial charge < -0.3 is 5.32 Å². The number of aliphatic imine (C=N–C) groups is 1. The maximum atomic E-state index is 12.1. The molecule has 0 saturated carbocycles. The molecule has 1 amide bonds. The van der Waals surface area contributed by atoms with Crippen LogP contribution in [0.3, 0.4) is 0 Å². The van der Waals surface area contributed by atoms with Gasteiger partial charge in [-0.1, -0.05) is 23.7 Å². The molecule has 1 saturated heterocycles. The highest BCUT2D eigenvalue weighted by Gasteiger charge is 2.23. The average molecular weight is 361 g/mol. The number of halogens is 1. The third-order valence-corrected chi connectivity index (χ3v) is 5.03. The summed E-state index contributed by atoms with van der Waals surface area (Å²) in [5.74, 6) is -0.128. The molecule has 1 heterocycles. The van der Waals surface area contributed by atoms with E-state index in [1.54, 1.807) is 23.9 Å². The molecule has 1 aliphatic heterocycles. The normalized spacial score (nSPS) is 17.7. The van der Waals surface area contributed by atoms with Crippen molar-refractivity contribution in [3.8, 4) is 0 Å². The molecule has 0 spiro atoms. The van der Waals surface area contributed by atoms with Gasteiger partial charge in [-0.2, -0.15) is 0 Å². The summed E-state index contributed by atoms with van der Waals surface area (Å²) in [6.07, 6.45) is 3.90. The zero-order valence-electron chi connectivity index (χ0n) is 12.2. The fourth-order valence-electron chi connectivity index (χ4n) is 1.96. The Morgan fingerprint density at radius 1 is 1.13 bits per heavy atom. The van der Waals surface area contributed by atoms with E-state index in [1.807, 2.05) is 48.7 Å². The Labute approximate surface area is 148 Å². The monoisotopic (exact) mass is 360 g/mol. The highest BCUT2D eigenvalue weighted by Crippen LogP contribution is 2.28. The molecule has 0 aromatic heterocycles. The second-order valence-electron chi connectivity index (χ2n) is 4.73. The Bertz CT molecular complexity index is 783. The minimum absolute atomic E-state index is 0.128. The Hall–Kier alpha value is -1.69. The smallest absolute Gasteiger partial charge is 0.264 e. The van der Waals surface area contributed by atoms with E-state index in [9.17, 15) is 4.79 Å². The lowest BCUT2D eigenvalue weighted by Crippen LogP contribution is -2.19. The Morgan fingerprint density at radius 2 is 1.83 bits per heavy atom. The van der Waals surface area contributed by atoms with Crippen LogP contribution in [0.2, 0.25) is 5.02 Å². The summed E-state index contributed by atoms with van der Waals surface area (Å²) >= 11 is 8.88. The first kappa shape index (κ1) is 16.2. The van der Waals surface area contributed by atoms with Gasteiger partial charge in [-0.15, -0.1) is 11.8 Å². The molecule has 116 valence electrons. The molecule has 1 N–H and O–H groups in total. The summed E-state index contributed by atoms with van der Waals surface area (Å²) in [7, 11) is 0. The lowest BCUT2D eigenvalue weighted by atomic mass is 10.2. The zero-order chi connectivity index (χ0) is 16.2. The lowest BCUT2D eigenvalue weighted by Gasteiger charge is -1.98.